The Morgan fingerprint density at radius 1 is 1.33 bits per heavy atom. The molecule has 78 valence electrons. The Labute approximate surface area is 87.4 Å². The summed E-state index contributed by atoms with van der Waals surface area (Å²) >= 11 is 0. The Kier molecular flexibility index (Phi) is 2.49. The van der Waals surface area contributed by atoms with Crippen LogP contribution in [0.4, 0.5) is 4.39 Å². The zero-order valence-electron chi connectivity index (χ0n) is 8.66. The minimum atomic E-state index is -0.218. The van der Waals surface area contributed by atoms with Gasteiger partial charge >= 0.3 is 0 Å². The van der Waals surface area contributed by atoms with Gasteiger partial charge in [-0.1, -0.05) is 26.0 Å². The van der Waals surface area contributed by atoms with Crippen molar-refractivity contribution >= 4 is 0 Å². The summed E-state index contributed by atoms with van der Waals surface area (Å²) in [4.78, 5) is 3.94. The number of nitrogens with zero attached hydrogens (tertiary/aromatic N) is 2. The number of aromatic amines is 1. The highest BCUT2D eigenvalue weighted by Gasteiger charge is 2.13. The Morgan fingerprint density at radius 3 is 2.73 bits per heavy atom. The lowest BCUT2D eigenvalue weighted by Crippen LogP contribution is -1.96. The molecule has 1 heterocycles. The summed E-state index contributed by atoms with van der Waals surface area (Å²) in [7, 11) is 0. The van der Waals surface area contributed by atoms with Crippen molar-refractivity contribution in [1.29, 1.82) is 0 Å². The van der Waals surface area contributed by atoms with Crippen LogP contribution in [0.5, 0.6) is 0 Å². The number of rotatable bonds is 2. The van der Waals surface area contributed by atoms with Gasteiger partial charge in [0, 0.05) is 0 Å². The first-order valence-corrected chi connectivity index (χ1v) is 4.84. The molecule has 0 aliphatic heterocycles. The number of hydrogen-bond acceptors (Lipinski definition) is 2. The van der Waals surface area contributed by atoms with Crippen LogP contribution in [0.15, 0.2) is 24.5 Å². The molecule has 0 atom stereocenters. The molecule has 1 N–H and O–H groups in total. The highest BCUT2D eigenvalue weighted by atomic mass is 19.1. The number of benzene rings is 1. The molecule has 1 aromatic heterocycles. The third kappa shape index (κ3) is 1.75. The van der Waals surface area contributed by atoms with Crippen LogP contribution in [0.25, 0.3) is 11.4 Å². The number of H-pyrrole nitrogens is 1. The van der Waals surface area contributed by atoms with Gasteiger partial charge in [-0.25, -0.2) is 9.37 Å². The average molecular weight is 205 g/mol. The van der Waals surface area contributed by atoms with E-state index in [9.17, 15) is 4.39 Å². The first-order valence-electron chi connectivity index (χ1n) is 4.84. The van der Waals surface area contributed by atoms with E-state index in [-0.39, 0.29) is 11.7 Å². The van der Waals surface area contributed by atoms with Gasteiger partial charge in [-0.2, -0.15) is 5.10 Å². The Bertz CT molecular complexity index is 449. The molecule has 3 nitrogen and oxygen atoms in total. The molecule has 0 saturated heterocycles. The van der Waals surface area contributed by atoms with Crippen molar-refractivity contribution in [2.24, 2.45) is 0 Å². The van der Waals surface area contributed by atoms with Crippen molar-refractivity contribution in [3.05, 3.63) is 35.9 Å². The van der Waals surface area contributed by atoms with E-state index < -0.39 is 0 Å². The second-order valence-electron chi connectivity index (χ2n) is 3.70. The summed E-state index contributed by atoms with van der Waals surface area (Å²) < 4.78 is 14.0. The van der Waals surface area contributed by atoms with Crippen molar-refractivity contribution in [2.45, 2.75) is 19.8 Å². The van der Waals surface area contributed by atoms with Crippen LogP contribution < -0.4 is 0 Å². The van der Waals surface area contributed by atoms with Crippen LogP contribution in [0.1, 0.15) is 25.3 Å². The monoisotopic (exact) mass is 205 g/mol. The molecule has 0 aliphatic carbocycles. The fourth-order valence-corrected chi connectivity index (χ4v) is 1.51. The predicted molar refractivity (Wildman–Crippen MR) is 55.9 cm³/mol. The fraction of sp³-hybridized carbons (Fsp3) is 0.273. The summed E-state index contributed by atoms with van der Waals surface area (Å²) in [6, 6.07) is 5.32. The molecule has 0 fully saturated rings. The van der Waals surface area contributed by atoms with E-state index >= 15 is 0 Å². The summed E-state index contributed by atoms with van der Waals surface area (Å²) in [5, 5.41) is 6.37. The smallest absolute Gasteiger partial charge is 0.158 e. The van der Waals surface area contributed by atoms with E-state index in [1.807, 2.05) is 19.9 Å². The van der Waals surface area contributed by atoms with Gasteiger partial charge < -0.3 is 0 Å². The maximum absolute atomic E-state index is 14.0. The number of nitrogens with one attached hydrogen (secondary N) is 1. The van der Waals surface area contributed by atoms with Crippen LogP contribution in [0.3, 0.4) is 0 Å². The predicted octanol–water partition coefficient (Wildman–Crippen LogP) is 2.73. The average Bonchev–Trinajstić information content (AvgIpc) is 2.70. The molecule has 2 rings (SSSR count). The molecular weight excluding hydrogens is 193 g/mol. The molecule has 0 saturated carbocycles. The molecule has 0 radical (unpaired) electrons. The summed E-state index contributed by atoms with van der Waals surface area (Å²) in [6.07, 6.45) is 1.37. The molecule has 2 aromatic rings. The van der Waals surface area contributed by atoms with Gasteiger partial charge in [-0.15, -0.1) is 0 Å². The van der Waals surface area contributed by atoms with Gasteiger partial charge in [0.15, 0.2) is 5.82 Å². The van der Waals surface area contributed by atoms with E-state index in [1.54, 1.807) is 12.1 Å². The molecule has 0 spiro atoms. The molecule has 15 heavy (non-hydrogen) atoms. The number of halogens is 1. The number of aromatic nitrogens is 3. The molecule has 0 amide bonds. The summed E-state index contributed by atoms with van der Waals surface area (Å²) in [6.45, 7) is 3.92. The summed E-state index contributed by atoms with van der Waals surface area (Å²) in [5.74, 6) is 0.409. The van der Waals surface area contributed by atoms with Crippen molar-refractivity contribution < 1.29 is 4.39 Å². The topological polar surface area (TPSA) is 41.6 Å². The minimum Gasteiger partial charge on any atom is -0.259 e. The van der Waals surface area contributed by atoms with E-state index in [0.29, 0.717) is 17.0 Å². The van der Waals surface area contributed by atoms with Gasteiger partial charge in [-0.05, 0) is 17.5 Å². The van der Waals surface area contributed by atoms with Crippen LogP contribution in [0, 0.1) is 5.82 Å². The van der Waals surface area contributed by atoms with Crippen molar-refractivity contribution in [3.63, 3.8) is 0 Å². The molecule has 4 heteroatoms. The van der Waals surface area contributed by atoms with Gasteiger partial charge in [0.1, 0.15) is 12.1 Å². The summed E-state index contributed by atoms with van der Waals surface area (Å²) in [5.41, 5.74) is 1.17. The highest BCUT2D eigenvalue weighted by Crippen LogP contribution is 2.25. The van der Waals surface area contributed by atoms with Gasteiger partial charge in [0.2, 0.25) is 0 Å². The fourth-order valence-electron chi connectivity index (χ4n) is 1.51. The van der Waals surface area contributed by atoms with Gasteiger partial charge in [-0.3, -0.25) is 5.10 Å². The Hall–Kier alpha value is -1.71. The lowest BCUT2D eigenvalue weighted by atomic mass is 9.99. The first kappa shape index (κ1) is 9.83. The third-order valence-corrected chi connectivity index (χ3v) is 2.32. The first-order chi connectivity index (χ1) is 7.20. The highest BCUT2D eigenvalue weighted by molar-refractivity contribution is 5.57. The standard InChI is InChI=1S/C11H12FN3/c1-7(2)8-4-3-5-9(10(8)12)11-13-6-14-15-11/h3-7H,1-2H3,(H,13,14,15). The van der Waals surface area contributed by atoms with E-state index in [1.165, 1.54) is 6.33 Å². The zero-order chi connectivity index (χ0) is 10.8. The second-order valence-corrected chi connectivity index (χ2v) is 3.70. The third-order valence-electron chi connectivity index (χ3n) is 2.32. The number of hydrogen-bond donors (Lipinski definition) is 1. The molecule has 0 bridgehead atoms. The normalized spacial score (nSPS) is 10.9. The van der Waals surface area contributed by atoms with Crippen molar-refractivity contribution in [3.8, 4) is 11.4 Å². The maximum Gasteiger partial charge on any atom is 0.158 e. The largest absolute Gasteiger partial charge is 0.259 e. The quantitative estimate of drug-likeness (QED) is 0.819. The molecular formula is C11H12FN3. The van der Waals surface area contributed by atoms with Crippen LogP contribution in [-0.4, -0.2) is 15.2 Å². The Morgan fingerprint density at radius 2 is 2.13 bits per heavy atom. The second kappa shape index (κ2) is 3.81. The van der Waals surface area contributed by atoms with E-state index in [2.05, 4.69) is 15.2 Å². The van der Waals surface area contributed by atoms with Crippen LogP contribution in [-0.2, 0) is 0 Å². The zero-order valence-corrected chi connectivity index (χ0v) is 8.66. The molecule has 1 aromatic carbocycles. The lowest BCUT2D eigenvalue weighted by molar-refractivity contribution is 0.600. The minimum absolute atomic E-state index is 0.160. The lowest BCUT2D eigenvalue weighted by Gasteiger charge is -2.08. The van der Waals surface area contributed by atoms with Crippen LogP contribution in [0.2, 0.25) is 0 Å². The molecule has 0 unspecified atom stereocenters. The Balaban J connectivity index is 2.54. The molecule has 0 aliphatic rings. The SMILES string of the molecule is CC(C)c1cccc(-c2ncn[nH]2)c1F. The van der Waals surface area contributed by atoms with E-state index in [4.69, 9.17) is 0 Å². The van der Waals surface area contributed by atoms with Crippen LogP contribution >= 0.6 is 0 Å². The van der Waals surface area contributed by atoms with Gasteiger partial charge in [0.05, 0.1) is 5.56 Å². The van der Waals surface area contributed by atoms with E-state index in [0.717, 1.165) is 0 Å². The maximum atomic E-state index is 14.0. The van der Waals surface area contributed by atoms with Crippen molar-refractivity contribution in [2.75, 3.05) is 0 Å². The van der Waals surface area contributed by atoms with Crippen molar-refractivity contribution in [1.82, 2.24) is 15.2 Å². The van der Waals surface area contributed by atoms with Gasteiger partial charge in [0.25, 0.3) is 0 Å².